The summed E-state index contributed by atoms with van der Waals surface area (Å²) in [5.74, 6) is -3.55. The zero-order valence-corrected chi connectivity index (χ0v) is 12.7. The van der Waals surface area contributed by atoms with Crippen LogP contribution in [-0.4, -0.2) is 14.3 Å². The molecule has 1 saturated heterocycles. The Hall–Kier alpha value is -0.813. The van der Waals surface area contributed by atoms with Gasteiger partial charge in [-0.3, -0.25) is 0 Å². The van der Waals surface area contributed by atoms with E-state index in [1.807, 2.05) is 0 Å². The van der Waals surface area contributed by atoms with Crippen LogP contribution < -0.4 is 0 Å². The van der Waals surface area contributed by atoms with Gasteiger partial charge < -0.3 is 0 Å². The Labute approximate surface area is 122 Å². The first-order valence-electron chi connectivity index (χ1n) is 6.58. The zero-order chi connectivity index (χ0) is 14.7. The summed E-state index contributed by atoms with van der Waals surface area (Å²) in [5.41, 5.74) is 0.332. The molecule has 0 N–H and O–H groups in total. The lowest BCUT2D eigenvalue weighted by atomic mass is 9.92. The Balaban J connectivity index is 2.23. The summed E-state index contributed by atoms with van der Waals surface area (Å²) in [6, 6.07) is 4.35. The fourth-order valence-electron chi connectivity index (χ4n) is 2.76. The van der Waals surface area contributed by atoms with E-state index in [1.165, 1.54) is 0 Å². The first kappa shape index (κ1) is 15.6. The van der Waals surface area contributed by atoms with E-state index in [0.717, 1.165) is 42.6 Å². The van der Waals surface area contributed by atoms with Gasteiger partial charge in [0.2, 0.25) is 0 Å². The maximum Gasteiger partial charge on any atom is 0.164 e. The van der Waals surface area contributed by atoms with Crippen molar-refractivity contribution in [2.24, 2.45) is 0 Å². The Morgan fingerprint density at radius 3 is 2.25 bits per heavy atom. The minimum absolute atomic E-state index is 0.0810. The third kappa shape index (κ3) is 3.26. The number of hydrogen-bond donors (Lipinski definition) is 0. The van der Waals surface area contributed by atoms with Crippen molar-refractivity contribution >= 4 is 26.2 Å². The number of rotatable bonds is 3. The molecule has 1 fully saturated rings. The van der Waals surface area contributed by atoms with Gasteiger partial charge in [-0.15, -0.1) is 11.6 Å². The summed E-state index contributed by atoms with van der Waals surface area (Å²) < 4.78 is 52.6. The molecule has 6 heteroatoms. The monoisotopic (exact) mass is 322 g/mol. The Morgan fingerprint density at radius 2 is 1.80 bits per heavy atom. The average molecular weight is 323 g/mol. The van der Waals surface area contributed by atoms with Crippen molar-refractivity contribution in [3.8, 4) is 0 Å². The van der Waals surface area contributed by atoms with E-state index in [9.17, 15) is 17.6 Å². The van der Waals surface area contributed by atoms with Crippen molar-refractivity contribution in [1.82, 2.24) is 0 Å². The van der Waals surface area contributed by atoms with Gasteiger partial charge in [-0.2, -0.15) is 0 Å². The summed E-state index contributed by atoms with van der Waals surface area (Å²) in [7, 11) is -0.864. The van der Waals surface area contributed by atoms with Crippen molar-refractivity contribution in [3.05, 3.63) is 41.2 Å². The van der Waals surface area contributed by atoms with E-state index in [0.29, 0.717) is 5.56 Å². The molecule has 0 aromatic heterocycles. The molecule has 1 aromatic carbocycles. The van der Waals surface area contributed by atoms with Gasteiger partial charge in [0.25, 0.3) is 0 Å². The third-order valence-corrected chi connectivity index (χ3v) is 7.98. The summed E-state index contributed by atoms with van der Waals surface area (Å²) in [4.78, 5) is 0. The summed E-state index contributed by atoms with van der Waals surface area (Å²) in [6.07, 6.45) is 1.30. The summed E-state index contributed by atoms with van der Waals surface area (Å²) in [6.45, 7) is 0. The average Bonchev–Trinajstić information content (AvgIpc) is 2.46. The van der Waals surface area contributed by atoms with Gasteiger partial charge in [-0.1, -0.05) is 12.1 Å². The fraction of sp³-hybridized carbons (Fsp3) is 0.429. The Kier molecular flexibility index (Phi) is 5.27. The summed E-state index contributed by atoms with van der Waals surface area (Å²) in [5, 5.41) is 0. The van der Waals surface area contributed by atoms with Crippen LogP contribution in [0.15, 0.2) is 18.5 Å². The van der Waals surface area contributed by atoms with Crippen LogP contribution in [0.2, 0.25) is 12.1 Å². The molecule has 0 bridgehead atoms. The van der Waals surface area contributed by atoms with Crippen molar-refractivity contribution in [1.29, 1.82) is 0 Å². The molecule has 0 nitrogen and oxygen atoms in total. The minimum Gasteiger partial charge on any atom is -0.212 e. The largest absolute Gasteiger partial charge is 0.212 e. The molecule has 0 aliphatic carbocycles. The van der Waals surface area contributed by atoms with Crippen molar-refractivity contribution in [2.45, 2.75) is 30.8 Å². The number of halogens is 5. The van der Waals surface area contributed by atoms with Crippen molar-refractivity contribution in [2.75, 3.05) is 5.50 Å². The highest BCUT2D eigenvalue weighted by Gasteiger charge is 2.25. The number of alkyl halides is 1. The van der Waals surface area contributed by atoms with Gasteiger partial charge in [-0.05, 0) is 36.5 Å². The van der Waals surface area contributed by atoms with E-state index < -0.39 is 38.2 Å². The number of hydrogen-bond acceptors (Lipinski definition) is 0. The lowest BCUT2D eigenvalue weighted by Gasteiger charge is -2.27. The molecule has 2 rings (SSSR count). The molecule has 0 radical (unpaired) electrons. The molecule has 0 atom stereocenters. The van der Waals surface area contributed by atoms with Crippen LogP contribution in [0.4, 0.5) is 17.6 Å². The molecule has 1 aliphatic rings. The highest BCUT2D eigenvalue weighted by Crippen LogP contribution is 2.36. The maximum atomic E-state index is 13.7. The van der Waals surface area contributed by atoms with E-state index in [-0.39, 0.29) is 5.92 Å². The van der Waals surface area contributed by atoms with Crippen LogP contribution in [0.1, 0.15) is 29.9 Å². The molecule has 1 aromatic rings. The van der Waals surface area contributed by atoms with Gasteiger partial charge in [0.1, 0.15) is 18.0 Å². The second-order valence-electron chi connectivity index (χ2n) is 5.19. The minimum atomic E-state index is -1.52. The van der Waals surface area contributed by atoms with E-state index in [4.69, 9.17) is 11.6 Å². The quantitative estimate of drug-likeness (QED) is 0.413. The van der Waals surface area contributed by atoms with Crippen LogP contribution in [0.3, 0.4) is 0 Å². The first-order valence-corrected chi connectivity index (χ1v) is 9.56. The second kappa shape index (κ2) is 6.76. The van der Waals surface area contributed by atoms with Crippen molar-refractivity contribution in [3.63, 3.8) is 0 Å². The van der Waals surface area contributed by atoms with Crippen LogP contribution >= 0.6 is 11.6 Å². The Morgan fingerprint density at radius 1 is 1.25 bits per heavy atom. The third-order valence-electron chi connectivity index (χ3n) is 3.94. The van der Waals surface area contributed by atoms with Crippen LogP contribution in [0, 0.1) is 11.6 Å². The lowest BCUT2D eigenvalue weighted by Crippen LogP contribution is -2.22. The molecule has 0 saturated carbocycles. The lowest BCUT2D eigenvalue weighted by molar-refractivity contribution is 0.543. The smallest absolute Gasteiger partial charge is 0.164 e. The normalized spacial score (nSPS) is 23.9. The molecule has 20 heavy (non-hydrogen) atoms. The maximum absolute atomic E-state index is 13.7. The number of benzene rings is 1. The molecule has 110 valence electrons. The molecular formula is C14H15ClF4Si. The molecular weight excluding hydrogens is 308 g/mol. The molecule has 1 heterocycles. The standard InChI is InChI=1S/C14H15ClF4Si/c15-8-20-3-1-9(2-4-20)10-5-11(17)14(12(18)6-10)13(19)7-16/h5-7,9,20H,1-4,8H2/t9-,20-. The van der Waals surface area contributed by atoms with Gasteiger partial charge >= 0.3 is 0 Å². The predicted octanol–water partition coefficient (Wildman–Crippen LogP) is 5.08. The van der Waals surface area contributed by atoms with Crippen molar-refractivity contribution < 1.29 is 17.6 Å². The zero-order valence-electron chi connectivity index (χ0n) is 10.8. The Bertz CT molecular complexity index is 487. The highest BCUT2D eigenvalue weighted by atomic mass is 35.5. The molecule has 0 unspecified atom stereocenters. The fourth-order valence-corrected chi connectivity index (χ4v) is 6.03. The highest BCUT2D eigenvalue weighted by molar-refractivity contribution is 6.67. The van der Waals surface area contributed by atoms with Gasteiger partial charge in [-0.25, -0.2) is 17.6 Å². The predicted molar refractivity (Wildman–Crippen MR) is 76.0 cm³/mol. The molecule has 0 amide bonds. The second-order valence-corrected chi connectivity index (χ2v) is 9.31. The van der Waals surface area contributed by atoms with E-state index >= 15 is 0 Å². The van der Waals surface area contributed by atoms with E-state index in [1.54, 1.807) is 0 Å². The van der Waals surface area contributed by atoms with E-state index in [2.05, 4.69) is 0 Å². The molecule has 0 spiro atoms. The first-order chi connectivity index (χ1) is 9.56. The topological polar surface area (TPSA) is 0 Å². The van der Waals surface area contributed by atoms with Crippen LogP contribution in [-0.2, 0) is 0 Å². The van der Waals surface area contributed by atoms with Gasteiger partial charge in [0, 0.05) is 5.50 Å². The van der Waals surface area contributed by atoms with Crippen LogP contribution in [0.25, 0.3) is 5.83 Å². The van der Waals surface area contributed by atoms with Gasteiger partial charge in [0.15, 0.2) is 5.83 Å². The summed E-state index contributed by atoms with van der Waals surface area (Å²) >= 11 is 5.85. The molecule has 1 aliphatic heterocycles. The SMILES string of the molecule is FC=C(F)c1c(F)cc([C@H]2CC[Si@H](CCl)CC2)cc1F. The van der Waals surface area contributed by atoms with Gasteiger partial charge in [0.05, 0.1) is 14.4 Å². The van der Waals surface area contributed by atoms with Crippen LogP contribution in [0.5, 0.6) is 0 Å².